The minimum absolute atomic E-state index is 0.267. The average molecular weight is 227 g/mol. The van der Waals surface area contributed by atoms with Crippen molar-refractivity contribution in [3.63, 3.8) is 0 Å². The fourth-order valence-electron chi connectivity index (χ4n) is 2.08. The second kappa shape index (κ2) is 4.34. The number of benzene rings is 1. The van der Waals surface area contributed by atoms with Gasteiger partial charge in [-0.1, -0.05) is 18.2 Å². The number of rotatable bonds is 4. The summed E-state index contributed by atoms with van der Waals surface area (Å²) in [5, 5.41) is 4.49. The van der Waals surface area contributed by atoms with E-state index in [9.17, 15) is 0 Å². The molecule has 1 aliphatic carbocycles. The molecule has 0 spiro atoms. The van der Waals surface area contributed by atoms with E-state index in [1.165, 1.54) is 18.2 Å². The second-order valence-corrected chi connectivity index (χ2v) is 4.77. The van der Waals surface area contributed by atoms with Gasteiger partial charge in [0, 0.05) is 18.0 Å². The van der Waals surface area contributed by atoms with Crippen LogP contribution in [0.15, 0.2) is 36.4 Å². The molecule has 0 radical (unpaired) electrons. The highest BCUT2D eigenvalue weighted by Crippen LogP contribution is 2.31. The summed E-state index contributed by atoms with van der Waals surface area (Å²) in [7, 11) is 0. The van der Waals surface area contributed by atoms with Gasteiger partial charge in [-0.15, -0.1) is 0 Å². The summed E-state index contributed by atoms with van der Waals surface area (Å²) in [5.74, 6) is 1.64. The summed E-state index contributed by atoms with van der Waals surface area (Å²) in [5.41, 5.74) is 7.07. The molecule has 88 valence electrons. The summed E-state index contributed by atoms with van der Waals surface area (Å²) >= 11 is 0. The maximum Gasteiger partial charge on any atom is 0.126 e. The molecule has 1 fully saturated rings. The van der Waals surface area contributed by atoms with Crippen LogP contribution < -0.4 is 11.1 Å². The van der Waals surface area contributed by atoms with Crippen molar-refractivity contribution >= 4 is 16.7 Å². The highest BCUT2D eigenvalue weighted by molar-refractivity contribution is 5.80. The van der Waals surface area contributed by atoms with Gasteiger partial charge >= 0.3 is 0 Å². The second-order valence-electron chi connectivity index (χ2n) is 4.77. The first kappa shape index (κ1) is 10.5. The topological polar surface area (TPSA) is 50.9 Å². The molecular formula is C14H17N3. The van der Waals surface area contributed by atoms with Gasteiger partial charge in [-0.2, -0.15) is 0 Å². The molecule has 1 heterocycles. The standard InChI is InChI=1S/C14H17N3/c15-12(10-5-6-10)9-16-14-8-7-11-3-1-2-4-13(11)17-14/h1-4,7-8,10,12H,5-6,9,15H2,(H,16,17). The van der Waals surface area contributed by atoms with Gasteiger partial charge in [0.05, 0.1) is 5.52 Å². The van der Waals surface area contributed by atoms with Gasteiger partial charge in [0.2, 0.25) is 0 Å². The molecule has 1 saturated carbocycles. The lowest BCUT2D eigenvalue weighted by atomic mass is 10.2. The Morgan fingerprint density at radius 1 is 1.24 bits per heavy atom. The first-order valence-electron chi connectivity index (χ1n) is 6.18. The molecule has 3 heteroatoms. The Labute approximate surface area is 101 Å². The Balaban J connectivity index is 1.71. The van der Waals surface area contributed by atoms with Crippen LogP contribution in [0.5, 0.6) is 0 Å². The fourth-order valence-corrected chi connectivity index (χ4v) is 2.08. The molecule has 0 amide bonds. The summed E-state index contributed by atoms with van der Waals surface area (Å²) in [6, 6.07) is 12.5. The van der Waals surface area contributed by atoms with E-state index in [-0.39, 0.29) is 6.04 Å². The van der Waals surface area contributed by atoms with E-state index in [1.807, 2.05) is 24.3 Å². The van der Waals surface area contributed by atoms with Gasteiger partial charge in [-0.25, -0.2) is 4.98 Å². The van der Waals surface area contributed by atoms with E-state index in [2.05, 4.69) is 22.4 Å². The van der Waals surface area contributed by atoms with Crippen molar-refractivity contribution in [3.05, 3.63) is 36.4 Å². The number of hydrogen-bond acceptors (Lipinski definition) is 3. The van der Waals surface area contributed by atoms with Crippen LogP contribution in [0, 0.1) is 5.92 Å². The molecule has 3 N–H and O–H groups in total. The molecule has 17 heavy (non-hydrogen) atoms. The molecule has 3 rings (SSSR count). The van der Waals surface area contributed by atoms with Crippen LogP contribution in [0.3, 0.4) is 0 Å². The number of anilines is 1. The third-order valence-electron chi connectivity index (χ3n) is 3.34. The van der Waals surface area contributed by atoms with Crippen LogP contribution in [0.1, 0.15) is 12.8 Å². The number of nitrogens with one attached hydrogen (secondary N) is 1. The predicted octanol–water partition coefficient (Wildman–Crippen LogP) is 2.38. The number of para-hydroxylation sites is 1. The smallest absolute Gasteiger partial charge is 0.126 e. The zero-order valence-corrected chi connectivity index (χ0v) is 9.76. The van der Waals surface area contributed by atoms with Gasteiger partial charge in [0.1, 0.15) is 5.82 Å². The van der Waals surface area contributed by atoms with Crippen LogP contribution >= 0.6 is 0 Å². The summed E-state index contributed by atoms with van der Waals surface area (Å²) in [6.07, 6.45) is 2.57. The highest BCUT2D eigenvalue weighted by Gasteiger charge is 2.28. The maximum absolute atomic E-state index is 6.05. The Kier molecular flexibility index (Phi) is 2.69. The van der Waals surface area contributed by atoms with Gasteiger partial charge in [-0.05, 0) is 37.0 Å². The normalized spacial score (nSPS) is 17.0. The van der Waals surface area contributed by atoms with E-state index >= 15 is 0 Å². The van der Waals surface area contributed by atoms with Gasteiger partial charge < -0.3 is 11.1 Å². The van der Waals surface area contributed by atoms with E-state index in [4.69, 9.17) is 5.73 Å². The summed E-state index contributed by atoms with van der Waals surface area (Å²) < 4.78 is 0. The largest absolute Gasteiger partial charge is 0.368 e. The van der Waals surface area contributed by atoms with E-state index < -0.39 is 0 Å². The first-order chi connectivity index (χ1) is 8.33. The van der Waals surface area contributed by atoms with Crippen LogP contribution in [0.25, 0.3) is 10.9 Å². The minimum atomic E-state index is 0.267. The first-order valence-corrected chi connectivity index (χ1v) is 6.18. The molecular weight excluding hydrogens is 210 g/mol. The van der Waals surface area contributed by atoms with Crippen molar-refractivity contribution < 1.29 is 0 Å². The van der Waals surface area contributed by atoms with Gasteiger partial charge in [-0.3, -0.25) is 0 Å². The Hall–Kier alpha value is -1.61. The zero-order chi connectivity index (χ0) is 11.7. The van der Waals surface area contributed by atoms with Crippen molar-refractivity contribution in [3.8, 4) is 0 Å². The van der Waals surface area contributed by atoms with E-state index in [0.29, 0.717) is 0 Å². The lowest BCUT2D eigenvalue weighted by molar-refractivity contribution is 0.620. The Morgan fingerprint density at radius 3 is 2.88 bits per heavy atom. The number of aromatic nitrogens is 1. The number of nitrogens with two attached hydrogens (primary N) is 1. The van der Waals surface area contributed by atoms with E-state index in [1.54, 1.807) is 0 Å². The Bertz CT molecular complexity index is 520. The lowest BCUT2D eigenvalue weighted by Crippen LogP contribution is -2.31. The van der Waals surface area contributed by atoms with E-state index in [0.717, 1.165) is 23.8 Å². The third kappa shape index (κ3) is 2.39. The molecule has 1 aromatic heterocycles. The average Bonchev–Trinajstić information content (AvgIpc) is 3.20. The molecule has 2 aromatic rings. The van der Waals surface area contributed by atoms with Crippen molar-refractivity contribution in [2.75, 3.05) is 11.9 Å². The highest BCUT2D eigenvalue weighted by atomic mass is 15.0. The van der Waals surface area contributed by atoms with Crippen molar-refractivity contribution in [2.45, 2.75) is 18.9 Å². The zero-order valence-electron chi connectivity index (χ0n) is 9.76. The molecule has 0 bridgehead atoms. The van der Waals surface area contributed by atoms with Crippen LogP contribution in [-0.4, -0.2) is 17.6 Å². The van der Waals surface area contributed by atoms with Crippen molar-refractivity contribution in [1.29, 1.82) is 0 Å². The number of nitrogens with zero attached hydrogens (tertiary/aromatic N) is 1. The van der Waals surface area contributed by atoms with Crippen molar-refractivity contribution in [1.82, 2.24) is 4.98 Å². The molecule has 1 aliphatic rings. The Morgan fingerprint density at radius 2 is 2.06 bits per heavy atom. The van der Waals surface area contributed by atoms with Crippen LogP contribution in [-0.2, 0) is 0 Å². The molecule has 0 saturated heterocycles. The SMILES string of the molecule is NC(CNc1ccc2ccccc2n1)C1CC1. The number of fused-ring (bicyclic) bond motifs is 1. The molecule has 0 aliphatic heterocycles. The molecule has 1 atom stereocenters. The third-order valence-corrected chi connectivity index (χ3v) is 3.34. The lowest BCUT2D eigenvalue weighted by Gasteiger charge is -2.12. The van der Waals surface area contributed by atoms with Crippen molar-refractivity contribution in [2.24, 2.45) is 11.7 Å². The fraction of sp³-hybridized carbons (Fsp3) is 0.357. The van der Waals surface area contributed by atoms with Gasteiger partial charge in [0.25, 0.3) is 0 Å². The van der Waals surface area contributed by atoms with Gasteiger partial charge in [0.15, 0.2) is 0 Å². The monoisotopic (exact) mass is 227 g/mol. The maximum atomic E-state index is 6.05. The summed E-state index contributed by atoms with van der Waals surface area (Å²) in [4.78, 5) is 4.56. The number of hydrogen-bond donors (Lipinski definition) is 2. The van der Waals surface area contributed by atoms with Crippen LogP contribution in [0.2, 0.25) is 0 Å². The molecule has 3 nitrogen and oxygen atoms in total. The molecule has 1 unspecified atom stereocenters. The quantitative estimate of drug-likeness (QED) is 0.843. The minimum Gasteiger partial charge on any atom is -0.368 e. The van der Waals surface area contributed by atoms with Crippen LogP contribution in [0.4, 0.5) is 5.82 Å². The summed E-state index contributed by atoms with van der Waals surface area (Å²) in [6.45, 7) is 0.815. The number of pyridine rings is 1. The molecule has 1 aromatic carbocycles. The predicted molar refractivity (Wildman–Crippen MR) is 70.9 cm³/mol.